The lowest BCUT2D eigenvalue weighted by Gasteiger charge is -2.21. The van der Waals surface area contributed by atoms with E-state index in [4.69, 9.17) is 19.9 Å². The Labute approximate surface area is 413 Å². The van der Waals surface area contributed by atoms with Crippen LogP contribution in [0.4, 0.5) is 0 Å². The molecule has 0 heterocycles. The maximum atomic E-state index is 13.0. The Balaban J connectivity index is 4.83. The summed E-state index contributed by atoms with van der Waals surface area (Å²) in [4.78, 5) is 135. The highest BCUT2D eigenvalue weighted by Crippen LogP contribution is 2.12. The number of aliphatic carboxylic acids is 4. The molecule has 7 amide bonds. The Bertz CT molecular complexity index is 1650. The predicted octanol–water partition coefficient (Wildman–Crippen LogP) is -0.947. The van der Waals surface area contributed by atoms with Gasteiger partial charge in [-0.05, 0) is 19.3 Å². The van der Waals surface area contributed by atoms with Crippen LogP contribution in [0.2, 0.25) is 0 Å². The molecule has 0 aromatic carbocycles. The highest BCUT2D eigenvalue weighted by Gasteiger charge is 2.30. The Morgan fingerprint density at radius 1 is 0.437 bits per heavy atom. The van der Waals surface area contributed by atoms with Crippen LogP contribution >= 0.6 is 0 Å². The van der Waals surface area contributed by atoms with E-state index in [1.807, 2.05) is 0 Å². The fourth-order valence-corrected chi connectivity index (χ4v) is 6.49. The van der Waals surface area contributed by atoms with Crippen LogP contribution in [0.3, 0.4) is 0 Å². The van der Waals surface area contributed by atoms with Gasteiger partial charge < -0.3 is 77.6 Å². The standard InChI is InChI=1S/C45H78N8O18/c1-2-3-4-5-6-7-8-9-10-11-12-13-20-47-35(54)16-14-31(44(65)66)52-42(63)33(27-40(59)60)50-37(56)18-21-48-36(55)17-15-32(45(67)68)53-43(64)34(28-41(61)62)51-38(57)29-49-39(58)30-71-26-25-70-24-23-69-22-19-46/h31-34H,2-30,46H2,1H3,(H,47,54)(H,48,55)(H,49,58)(H,50,56)(H,51,57)(H,52,63)(H,53,64)(H,59,60)(H,61,62)(H,65,66)(H,67,68)/t31-,32-,33-,34-/m0/s1. The minimum Gasteiger partial charge on any atom is -0.481 e. The van der Waals surface area contributed by atoms with E-state index in [-0.39, 0.29) is 32.7 Å². The summed E-state index contributed by atoms with van der Waals surface area (Å²) in [6.07, 6.45) is 9.78. The Morgan fingerprint density at radius 2 is 0.859 bits per heavy atom. The summed E-state index contributed by atoms with van der Waals surface area (Å²) in [6, 6.07) is -6.87. The van der Waals surface area contributed by atoms with Crippen molar-refractivity contribution in [3.63, 3.8) is 0 Å². The molecule has 0 aromatic heterocycles. The van der Waals surface area contributed by atoms with Crippen molar-refractivity contribution in [2.45, 2.75) is 153 Å². The van der Waals surface area contributed by atoms with Crippen LogP contribution in [0.15, 0.2) is 0 Å². The summed E-state index contributed by atoms with van der Waals surface area (Å²) in [5.74, 6) is -12.4. The van der Waals surface area contributed by atoms with Gasteiger partial charge in [-0.3, -0.25) is 43.2 Å². The van der Waals surface area contributed by atoms with E-state index in [1.165, 1.54) is 51.4 Å². The molecule has 0 radical (unpaired) electrons. The first-order valence-corrected chi connectivity index (χ1v) is 24.2. The first-order chi connectivity index (χ1) is 33.9. The Hall–Kier alpha value is -5.99. The molecule has 71 heavy (non-hydrogen) atoms. The summed E-state index contributed by atoms with van der Waals surface area (Å²) >= 11 is 0. The second kappa shape index (κ2) is 41.8. The summed E-state index contributed by atoms with van der Waals surface area (Å²) < 4.78 is 15.5. The molecule has 0 saturated carbocycles. The molecule has 0 aliphatic carbocycles. The van der Waals surface area contributed by atoms with Crippen LogP contribution in [0.25, 0.3) is 0 Å². The Kier molecular flexibility index (Phi) is 38.2. The van der Waals surface area contributed by atoms with Crippen molar-refractivity contribution >= 4 is 65.2 Å². The van der Waals surface area contributed by atoms with Crippen molar-refractivity contribution in [3.05, 3.63) is 0 Å². The van der Waals surface area contributed by atoms with Gasteiger partial charge in [0.2, 0.25) is 41.4 Å². The lowest BCUT2D eigenvalue weighted by Crippen LogP contribution is -2.54. The van der Waals surface area contributed by atoms with E-state index in [0.717, 1.165) is 25.7 Å². The number of ether oxygens (including phenoxy) is 3. The smallest absolute Gasteiger partial charge is 0.326 e. The van der Waals surface area contributed by atoms with E-state index in [2.05, 4.69) is 44.1 Å². The fraction of sp³-hybridized carbons (Fsp3) is 0.756. The average Bonchev–Trinajstić information content (AvgIpc) is 3.30. The van der Waals surface area contributed by atoms with Gasteiger partial charge in [-0.15, -0.1) is 0 Å². The predicted molar refractivity (Wildman–Crippen MR) is 252 cm³/mol. The zero-order valence-electron chi connectivity index (χ0n) is 40.9. The maximum absolute atomic E-state index is 13.0. The minimum atomic E-state index is -1.79. The summed E-state index contributed by atoms with van der Waals surface area (Å²) in [5.41, 5.74) is 5.30. The number of carbonyl (C=O) groups excluding carboxylic acids is 7. The summed E-state index contributed by atoms with van der Waals surface area (Å²) in [6.45, 7) is 2.62. The number of nitrogens with one attached hydrogen (secondary N) is 7. The monoisotopic (exact) mass is 1020 g/mol. The van der Waals surface area contributed by atoms with Gasteiger partial charge in [0.15, 0.2) is 0 Å². The second-order valence-electron chi connectivity index (χ2n) is 16.5. The first kappa shape index (κ1) is 65.0. The number of hydrogen-bond donors (Lipinski definition) is 12. The van der Waals surface area contributed by atoms with Crippen LogP contribution in [-0.2, 0) is 67.0 Å². The number of carboxylic acid groups (broad SMARTS) is 4. The third kappa shape index (κ3) is 37.5. The number of unbranched alkanes of at least 4 members (excludes halogenated alkanes) is 11. The zero-order valence-corrected chi connectivity index (χ0v) is 40.9. The lowest BCUT2D eigenvalue weighted by molar-refractivity contribution is -0.144. The van der Waals surface area contributed by atoms with Gasteiger partial charge in [-0.25, -0.2) is 9.59 Å². The molecule has 406 valence electrons. The highest BCUT2D eigenvalue weighted by atomic mass is 16.5. The van der Waals surface area contributed by atoms with E-state index in [9.17, 15) is 73.2 Å². The van der Waals surface area contributed by atoms with Crippen molar-refractivity contribution < 1.29 is 87.4 Å². The molecular formula is C45H78N8O18. The molecule has 26 nitrogen and oxygen atoms in total. The second-order valence-corrected chi connectivity index (χ2v) is 16.5. The molecule has 0 saturated heterocycles. The van der Waals surface area contributed by atoms with Gasteiger partial charge in [-0.2, -0.15) is 0 Å². The molecule has 0 spiro atoms. The summed E-state index contributed by atoms with van der Waals surface area (Å²) in [5, 5.41) is 53.7. The van der Waals surface area contributed by atoms with Crippen LogP contribution in [-0.4, -0.2) is 176 Å². The minimum absolute atomic E-state index is 0.0446. The third-order valence-electron chi connectivity index (χ3n) is 10.3. The molecule has 0 aliphatic heterocycles. The molecule has 0 unspecified atom stereocenters. The Morgan fingerprint density at radius 3 is 1.31 bits per heavy atom. The van der Waals surface area contributed by atoms with Crippen LogP contribution < -0.4 is 43.0 Å². The van der Waals surface area contributed by atoms with Crippen molar-refractivity contribution in [1.82, 2.24) is 37.2 Å². The van der Waals surface area contributed by atoms with Crippen molar-refractivity contribution in [1.29, 1.82) is 0 Å². The molecule has 26 heteroatoms. The van der Waals surface area contributed by atoms with Gasteiger partial charge in [0.25, 0.3) is 0 Å². The molecule has 0 rings (SSSR count). The van der Waals surface area contributed by atoms with Gasteiger partial charge in [0.05, 0.1) is 52.4 Å². The molecule has 13 N–H and O–H groups in total. The first-order valence-electron chi connectivity index (χ1n) is 24.2. The largest absolute Gasteiger partial charge is 0.481 e. The van der Waals surface area contributed by atoms with Gasteiger partial charge >= 0.3 is 23.9 Å². The van der Waals surface area contributed by atoms with Crippen molar-refractivity contribution in [2.24, 2.45) is 5.73 Å². The molecule has 4 atom stereocenters. The van der Waals surface area contributed by atoms with E-state index < -0.39 is 141 Å². The van der Waals surface area contributed by atoms with Gasteiger partial charge in [-0.1, -0.05) is 77.6 Å². The lowest BCUT2D eigenvalue weighted by atomic mass is 10.1. The van der Waals surface area contributed by atoms with E-state index in [0.29, 0.717) is 26.3 Å². The SMILES string of the molecule is CCCCCCCCCCCCCCNC(=O)CC[C@H](NC(=O)[C@H](CC(=O)O)NC(=O)CCNC(=O)CC[C@H](NC(=O)[C@H](CC(=O)O)NC(=O)CNC(=O)COCCOCCOCCN)C(=O)O)C(=O)O. The topological polar surface area (TPSA) is 407 Å². The normalized spacial score (nSPS) is 12.5. The van der Waals surface area contributed by atoms with E-state index >= 15 is 0 Å². The average molecular weight is 1020 g/mol. The number of carboxylic acids is 4. The fourth-order valence-electron chi connectivity index (χ4n) is 6.49. The number of nitrogens with two attached hydrogens (primary N) is 1. The molecule has 0 aromatic rings. The van der Waals surface area contributed by atoms with Crippen LogP contribution in [0.1, 0.15) is 129 Å². The van der Waals surface area contributed by atoms with E-state index in [1.54, 1.807) is 0 Å². The van der Waals surface area contributed by atoms with Gasteiger partial charge in [0.1, 0.15) is 30.8 Å². The maximum Gasteiger partial charge on any atom is 0.326 e. The molecule has 0 fully saturated rings. The number of carbonyl (C=O) groups is 11. The van der Waals surface area contributed by atoms with Crippen LogP contribution in [0, 0.1) is 0 Å². The van der Waals surface area contributed by atoms with Crippen molar-refractivity contribution in [3.8, 4) is 0 Å². The van der Waals surface area contributed by atoms with Gasteiger partial charge in [0, 0.05) is 38.9 Å². The summed E-state index contributed by atoms with van der Waals surface area (Å²) in [7, 11) is 0. The molecular weight excluding hydrogens is 941 g/mol. The number of amides is 7. The van der Waals surface area contributed by atoms with Crippen molar-refractivity contribution in [2.75, 3.05) is 65.8 Å². The zero-order chi connectivity index (χ0) is 53.2. The van der Waals surface area contributed by atoms with Crippen LogP contribution in [0.5, 0.6) is 0 Å². The molecule has 0 bridgehead atoms. The number of rotatable bonds is 46. The number of hydrogen-bond acceptors (Lipinski definition) is 15. The third-order valence-corrected chi connectivity index (χ3v) is 10.3. The quantitative estimate of drug-likeness (QED) is 0.0327. The molecule has 0 aliphatic rings. The highest BCUT2D eigenvalue weighted by molar-refractivity contribution is 5.95.